The van der Waals surface area contributed by atoms with Crippen molar-refractivity contribution in [1.29, 1.82) is 0 Å². The standard InChI is InChI=1S/C27H38N4O3S/c1-26(2,3)17-31-22-13-12-21(28-24(22)30(6)25(31)32)19-14-15-27(4,5)20(16-19)23(29-35(33)34)18-10-8-7-9-11-18/h7-13,19-20,23,29H,14-17H2,1-6H3,(H,33,34)/p-1. The van der Waals surface area contributed by atoms with Gasteiger partial charge in [-0.2, -0.15) is 0 Å². The summed E-state index contributed by atoms with van der Waals surface area (Å²) in [5, 5.41) is 0. The minimum absolute atomic E-state index is 0.0277. The number of hydrogen-bond donors (Lipinski definition) is 1. The predicted molar refractivity (Wildman–Crippen MR) is 140 cm³/mol. The summed E-state index contributed by atoms with van der Waals surface area (Å²) in [5.74, 6) is 0.278. The number of aromatic nitrogens is 3. The molecule has 1 saturated carbocycles. The Morgan fingerprint density at radius 3 is 2.51 bits per heavy atom. The van der Waals surface area contributed by atoms with Crippen LogP contribution in [0.2, 0.25) is 0 Å². The molecule has 1 N–H and O–H groups in total. The summed E-state index contributed by atoms with van der Waals surface area (Å²) in [5.41, 5.74) is 3.38. The fourth-order valence-electron chi connectivity index (χ4n) is 5.62. The van der Waals surface area contributed by atoms with E-state index in [1.807, 2.05) is 41.0 Å². The molecule has 2 aromatic heterocycles. The lowest BCUT2D eigenvalue weighted by Crippen LogP contribution is -2.41. The number of aryl methyl sites for hydroxylation is 1. The van der Waals surface area contributed by atoms with Crippen LogP contribution < -0.4 is 10.4 Å². The number of nitrogens with zero attached hydrogens (tertiary/aromatic N) is 3. The van der Waals surface area contributed by atoms with E-state index >= 15 is 0 Å². The Morgan fingerprint density at radius 1 is 1.20 bits per heavy atom. The molecule has 7 nitrogen and oxygen atoms in total. The maximum absolute atomic E-state index is 13.0. The third-order valence-electron chi connectivity index (χ3n) is 7.52. The molecule has 4 rings (SSSR count). The van der Waals surface area contributed by atoms with Crippen molar-refractivity contribution >= 4 is 22.4 Å². The molecule has 0 aliphatic heterocycles. The average Bonchev–Trinajstić information content (AvgIpc) is 3.01. The van der Waals surface area contributed by atoms with Crippen molar-refractivity contribution in [3.63, 3.8) is 0 Å². The third-order valence-corrected chi connectivity index (χ3v) is 7.96. The number of rotatable bonds is 6. The second-order valence-corrected chi connectivity index (χ2v) is 12.6. The molecule has 190 valence electrons. The summed E-state index contributed by atoms with van der Waals surface area (Å²) in [6.07, 6.45) is 2.75. The fourth-order valence-corrected chi connectivity index (χ4v) is 6.13. The van der Waals surface area contributed by atoms with E-state index in [4.69, 9.17) is 4.98 Å². The van der Waals surface area contributed by atoms with Crippen molar-refractivity contribution in [1.82, 2.24) is 18.8 Å². The van der Waals surface area contributed by atoms with Crippen molar-refractivity contribution in [2.75, 3.05) is 0 Å². The molecule has 0 radical (unpaired) electrons. The van der Waals surface area contributed by atoms with Gasteiger partial charge in [-0.3, -0.25) is 13.3 Å². The van der Waals surface area contributed by atoms with Crippen LogP contribution in [-0.4, -0.2) is 22.9 Å². The van der Waals surface area contributed by atoms with E-state index in [1.54, 1.807) is 11.6 Å². The zero-order chi connectivity index (χ0) is 25.5. The topological polar surface area (TPSA) is 92.0 Å². The zero-order valence-electron chi connectivity index (χ0n) is 21.6. The van der Waals surface area contributed by atoms with E-state index in [9.17, 15) is 13.6 Å². The molecule has 0 bridgehead atoms. The molecule has 0 spiro atoms. The second kappa shape index (κ2) is 9.64. The van der Waals surface area contributed by atoms with Gasteiger partial charge in [0.05, 0.1) is 5.52 Å². The van der Waals surface area contributed by atoms with Crippen molar-refractivity contribution in [2.24, 2.45) is 23.8 Å². The van der Waals surface area contributed by atoms with Gasteiger partial charge in [0.2, 0.25) is 0 Å². The van der Waals surface area contributed by atoms with Gasteiger partial charge < -0.3 is 4.55 Å². The summed E-state index contributed by atoms with van der Waals surface area (Å²) >= 11 is -2.37. The molecule has 4 unspecified atom stereocenters. The van der Waals surface area contributed by atoms with E-state index < -0.39 is 11.3 Å². The van der Waals surface area contributed by atoms with E-state index in [1.165, 1.54) is 0 Å². The van der Waals surface area contributed by atoms with Gasteiger partial charge >= 0.3 is 5.69 Å². The number of fused-ring (bicyclic) bond motifs is 1. The molecule has 1 fully saturated rings. The number of imidazole rings is 1. The van der Waals surface area contributed by atoms with Crippen LogP contribution in [0.25, 0.3) is 11.2 Å². The van der Waals surface area contributed by atoms with Crippen molar-refractivity contribution in [3.05, 3.63) is 64.2 Å². The lowest BCUT2D eigenvalue weighted by Gasteiger charge is -2.46. The Kier molecular flexibility index (Phi) is 7.10. The van der Waals surface area contributed by atoms with E-state index in [0.717, 1.165) is 36.0 Å². The summed E-state index contributed by atoms with van der Waals surface area (Å²) in [6, 6.07) is 13.6. The van der Waals surface area contributed by atoms with E-state index in [0.29, 0.717) is 12.2 Å². The van der Waals surface area contributed by atoms with Crippen molar-refractivity contribution < 1.29 is 8.76 Å². The minimum atomic E-state index is -2.37. The lowest BCUT2D eigenvalue weighted by molar-refractivity contribution is 0.0923. The Labute approximate surface area is 210 Å². The lowest BCUT2D eigenvalue weighted by atomic mass is 9.61. The van der Waals surface area contributed by atoms with Crippen LogP contribution in [-0.2, 0) is 24.9 Å². The summed E-state index contributed by atoms with van der Waals surface area (Å²) in [4.78, 5) is 17.9. The highest BCUT2D eigenvalue weighted by Gasteiger charge is 2.42. The number of nitrogens with one attached hydrogen (secondary N) is 1. The first-order chi connectivity index (χ1) is 16.4. The molecule has 3 aromatic rings. The maximum atomic E-state index is 13.0. The molecule has 0 amide bonds. The van der Waals surface area contributed by atoms with Gasteiger partial charge in [-0.1, -0.05) is 65.0 Å². The Morgan fingerprint density at radius 2 is 1.89 bits per heavy atom. The number of pyridine rings is 1. The molecular formula is C27H37N4O3S-. The summed E-state index contributed by atoms with van der Waals surface area (Å²) < 4.78 is 29.8. The molecule has 4 atom stereocenters. The van der Waals surface area contributed by atoms with E-state index in [2.05, 4.69) is 45.4 Å². The first kappa shape index (κ1) is 25.8. The molecule has 1 aliphatic carbocycles. The molecule has 0 saturated heterocycles. The van der Waals surface area contributed by atoms with Gasteiger partial charge in [-0.05, 0) is 53.7 Å². The Bertz CT molecular complexity index is 1270. The monoisotopic (exact) mass is 497 g/mol. The molecular weight excluding hydrogens is 460 g/mol. The van der Waals surface area contributed by atoms with Crippen LogP contribution in [0, 0.1) is 16.7 Å². The highest BCUT2D eigenvalue weighted by atomic mass is 32.2. The zero-order valence-corrected chi connectivity index (χ0v) is 22.4. The fraction of sp³-hybridized carbons (Fsp3) is 0.556. The number of hydrogen-bond acceptors (Lipinski definition) is 4. The first-order valence-corrected chi connectivity index (χ1v) is 13.4. The normalized spacial score (nSPS) is 22.3. The highest BCUT2D eigenvalue weighted by molar-refractivity contribution is 7.77. The van der Waals surface area contributed by atoms with Crippen LogP contribution in [0.1, 0.15) is 77.1 Å². The Balaban J connectivity index is 1.70. The SMILES string of the molecule is Cn1c(=O)n(CC(C)(C)C)c2ccc(C3CCC(C)(C)C(C(NS(=O)[O-])c4ccccc4)C3)nc21. The molecule has 8 heteroatoms. The average molecular weight is 498 g/mol. The summed E-state index contributed by atoms with van der Waals surface area (Å²) in [7, 11) is 1.78. The van der Waals surface area contributed by atoms with E-state index in [-0.39, 0.29) is 34.4 Å². The molecule has 35 heavy (non-hydrogen) atoms. The van der Waals surface area contributed by atoms with Crippen LogP contribution in [0.4, 0.5) is 0 Å². The molecule has 1 aromatic carbocycles. The van der Waals surface area contributed by atoms with Gasteiger partial charge in [0, 0.05) is 42.5 Å². The Hall–Kier alpha value is -2.29. The van der Waals surface area contributed by atoms with Gasteiger partial charge in [0.1, 0.15) is 0 Å². The first-order valence-electron chi connectivity index (χ1n) is 12.3. The van der Waals surface area contributed by atoms with Gasteiger partial charge in [-0.25, -0.2) is 14.5 Å². The predicted octanol–water partition coefficient (Wildman–Crippen LogP) is 4.82. The van der Waals surface area contributed by atoms with Gasteiger partial charge in [-0.15, -0.1) is 0 Å². The smallest absolute Gasteiger partial charge is 0.330 e. The molecule has 2 heterocycles. The summed E-state index contributed by atoms with van der Waals surface area (Å²) in [6.45, 7) is 11.4. The van der Waals surface area contributed by atoms with Crippen LogP contribution in [0.3, 0.4) is 0 Å². The minimum Gasteiger partial charge on any atom is -0.760 e. The quantitative estimate of drug-likeness (QED) is 0.495. The van der Waals surface area contributed by atoms with Gasteiger partial charge in [0.15, 0.2) is 5.65 Å². The third kappa shape index (κ3) is 5.44. The van der Waals surface area contributed by atoms with Crippen LogP contribution >= 0.6 is 0 Å². The van der Waals surface area contributed by atoms with Crippen molar-refractivity contribution in [2.45, 2.75) is 72.4 Å². The largest absolute Gasteiger partial charge is 0.760 e. The maximum Gasteiger partial charge on any atom is 0.330 e. The second-order valence-electron chi connectivity index (χ2n) is 11.9. The van der Waals surface area contributed by atoms with Crippen molar-refractivity contribution in [3.8, 4) is 0 Å². The van der Waals surface area contributed by atoms with Gasteiger partial charge in [0.25, 0.3) is 0 Å². The number of benzene rings is 1. The highest BCUT2D eigenvalue weighted by Crippen LogP contribution is 2.51. The van der Waals surface area contributed by atoms with Crippen LogP contribution in [0.15, 0.2) is 47.3 Å². The van der Waals surface area contributed by atoms with Crippen LogP contribution in [0.5, 0.6) is 0 Å². The molecule has 1 aliphatic rings.